The molecule has 3 atom stereocenters. The van der Waals surface area contributed by atoms with Gasteiger partial charge in [0.1, 0.15) is 23.3 Å². The Morgan fingerprint density at radius 3 is 2.39 bits per heavy atom. The highest BCUT2D eigenvalue weighted by molar-refractivity contribution is 6.33. The molecule has 0 aliphatic carbocycles. The Labute approximate surface area is 214 Å². The Morgan fingerprint density at radius 2 is 1.75 bits per heavy atom. The van der Waals surface area contributed by atoms with Crippen LogP contribution in [-0.2, 0) is 16.8 Å². The highest BCUT2D eigenvalue weighted by atomic mass is 35.5. The number of hydrogen-bond donors (Lipinski definition) is 0. The topological polar surface area (TPSA) is 38.8 Å². The predicted octanol–water partition coefficient (Wildman–Crippen LogP) is 7.32. The first kappa shape index (κ1) is 24.6. The largest absolute Gasteiger partial charge is 0.480 e. The fourth-order valence-corrected chi connectivity index (χ4v) is 5.59. The van der Waals surface area contributed by atoms with E-state index < -0.39 is 35.3 Å². The van der Waals surface area contributed by atoms with Gasteiger partial charge >= 0.3 is 6.09 Å². The number of benzene rings is 3. The summed E-state index contributed by atoms with van der Waals surface area (Å²) in [5, 5.41) is 0.00574. The molecule has 0 bridgehead atoms. The molecule has 3 aromatic rings. The molecule has 1 amide bonds. The van der Waals surface area contributed by atoms with E-state index in [2.05, 4.69) is 0 Å². The van der Waals surface area contributed by atoms with Crippen molar-refractivity contribution in [2.24, 2.45) is 0 Å². The summed E-state index contributed by atoms with van der Waals surface area (Å²) in [6.45, 7) is 5.21. The minimum Gasteiger partial charge on any atom is -0.480 e. The molecule has 4 nitrogen and oxygen atoms in total. The molecule has 188 valence electrons. The van der Waals surface area contributed by atoms with Crippen molar-refractivity contribution in [2.75, 3.05) is 6.54 Å². The highest BCUT2D eigenvalue weighted by Crippen LogP contribution is 2.52. The molecule has 5 rings (SSSR count). The van der Waals surface area contributed by atoms with Gasteiger partial charge in [-0.15, -0.1) is 0 Å². The van der Waals surface area contributed by atoms with E-state index in [0.717, 1.165) is 16.7 Å². The van der Waals surface area contributed by atoms with Crippen LogP contribution < -0.4 is 4.74 Å². The molecular weight excluding hydrogens is 484 g/mol. The van der Waals surface area contributed by atoms with E-state index in [1.165, 1.54) is 11.0 Å². The number of ether oxygens (including phenoxy) is 2. The van der Waals surface area contributed by atoms with Gasteiger partial charge in [-0.05, 0) is 31.9 Å². The van der Waals surface area contributed by atoms with Crippen LogP contribution in [0.15, 0.2) is 66.7 Å². The van der Waals surface area contributed by atoms with Crippen LogP contribution in [0.2, 0.25) is 5.02 Å². The van der Waals surface area contributed by atoms with E-state index >= 15 is 4.39 Å². The van der Waals surface area contributed by atoms with Gasteiger partial charge < -0.3 is 9.47 Å². The lowest BCUT2D eigenvalue weighted by Gasteiger charge is -2.40. The third-order valence-corrected chi connectivity index (χ3v) is 7.13. The van der Waals surface area contributed by atoms with Gasteiger partial charge in [-0.3, -0.25) is 4.90 Å². The third-order valence-electron chi connectivity index (χ3n) is 6.76. The van der Waals surface area contributed by atoms with Crippen LogP contribution in [0.3, 0.4) is 0 Å². The number of fused-ring (bicyclic) bond motifs is 1. The highest BCUT2D eigenvalue weighted by Gasteiger charge is 2.56. The molecule has 2 aliphatic heterocycles. The summed E-state index contributed by atoms with van der Waals surface area (Å²) in [5.74, 6) is -0.261. The van der Waals surface area contributed by atoms with Gasteiger partial charge in [0, 0.05) is 30.0 Å². The lowest BCUT2D eigenvalue weighted by atomic mass is 9.80. The van der Waals surface area contributed by atoms with Crippen molar-refractivity contribution in [2.45, 2.75) is 57.0 Å². The average Bonchev–Trinajstić information content (AvgIpc) is 3.41. The fraction of sp³-hybridized carbons (Fsp3) is 0.345. The van der Waals surface area contributed by atoms with Crippen LogP contribution >= 0.6 is 11.6 Å². The number of alkyl halides is 1. The van der Waals surface area contributed by atoms with Gasteiger partial charge in [0.05, 0.1) is 17.6 Å². The maximum absolute atomic E-state index is 15.0. The van der Waals surface area contributed by atoms with Gasteiger partial charge in [-0.1, -0.05) is 72.3 Å². The van der Waals surface area contributed by atoms with Crippen molar-refractivity contribution in [3.8, 4) is 16.9 Å². The van der Waals surface area contributed by atoms with Gasteiger partial charge in [-0.2, -0.15) is 0 Å². The molecule has 7 heteroatoms. The second-order valence-electron chi connectivity index (χ2n) is 10.4. The lowest BCUT2D eigenvalue weighted by molar-refractivity contribution is -0.0216. The van der Waals surface area contributed by atoms with Crippen molar-refractivity contribution in [1.82, 2.24) is 4.90 Å². The zero-order valence-electron chi connectivity index (χ0n) is 20.4. The first-order valence-corrected chi connectivity index (χ1v) is 12.4. The summed E-state index contributed by atoms with van der Waals surface area (Å²) in [6, 6.07) is 19.3. The number of carbonyl (C=O) groups is 1. The minimum absolute atomic E-state index is 0.00574. The summed E-state index contributed by atoms with van der Waals surface area (Å²) < 4.78 is 42.3. The van der Waals surface area contributed by atoms with Crippen LogP contribution in [0, 0.1) is 5.82 Å². The first-order valence-electron chi connectivity index (χ1n) is 12.0. The van der Waals surface area contributed by atoms with Gasteiger partial charge in [0.2, 0.25) is 0 Å². The maximum atomic E-state index is 15.0. The van der Waals surface area contributed by atoms with E-state index in [1.54, 1.807) is 20.8 Å². The molecular formula is C29H28ClF2NO3. The molecule has 0 radical (unpaired) electrons. The SMILES string of the molecule is CC(C)(C)OC(=O)N1C[C@H](F)C[C@H]1C1(c2ccccc2)Cc2c(cc(F)c(Cl)c2-c2ccccc2)O1. The Bertz CT molecular complexity index is 1280. The van der Waals surface area contributed by atoms with Gasteiger partial charge in [0.15, 0.2) is 5.60 Å². The minimum atomic E-state index is -1.25. The second-order valence-corrected chi connectivity index (χ2v) is 10.8. The standard InChI is InChI=1S/C29H28ClF2NO3/c1-28(2,3)36-27(34)33-17-20(31)14-24(33)29(19-12-8-5-9-13-19)16-21-23(35-29)15-22(32)26(30)25(21)18-10-6-4-7-11-18/h4-13,15,20,24H,14,16-17H2,1-3H3/t20-,24+,29?/m1/s1. The van der Waals surface area contributed by atoms with Crippen LogP contribution in [0.5, 0.6) is 5.75 Å². The number of amides is 1. The van der Waals surface area contributed by atoms with Crippen LogP contribution in [0.25, 0.3) is 11.1 Å². The quantitative estimate of drug-likeness (QED) is 0.369. The Kier molecular flexibility index (Phi) is 6.19. The zero-order valence-corrected chi connectivity index (χ0v) is 21.2. The monoisotopic (exact) mass is 511 g/mol. The smallest absolute Gasteiger partial charge is 0.410 e. The van der Waals surface area contributed by atoms with E-state index in [0.29, 0.717) is 11.3 Å². The summed E-state index contributed by atoms with van der Waals surface area (Å²) in [6.07, 6.45) is -1.49. The first-order chi connectivity index (χ1) is 17.1. The molecule has 2 aliphatic rings. The third kappa shape index (κ3) is 4.32. The summed E-state index contributed by atoms with van der Waals surface area (Å²) in [7, 11) is 0. The molecule has 2 heterocycles. The van der Waals surface area contributed by atoms with Crippen LogP contribution in [-0.4, -0.2) is 35.4 Å². The average molecular weight is 512 g/mol. The molecule has 1 saturated heterocycles. The molecule has 3 aromatic carbocycles. The number of carbonyl (C=O) groups excluding carboxylic acids is 1. The molecule has 0 spiro atoms. The van der Waals surface area contributed by atoms with Crippen LogP contribution in [0.4, 0.5) is 13.6 Å². The van der Waals surface area contributed by atoms with E-state index in [9.17, 15) is 9.18 Å². The number of hydrogen-bond acceptors (Lipinski definition) is 3. The van der Waals surface area contributed by atoms with Crippen molar-refractivity contribution < 1.29 is 23.0 Å². The molecule has 0 saturated carbocycles. The summed E-state index contributed by atoms with van der Waals surface area (Å²) >= 11 is 6.51. The van der Waals surface area contributed by atoms with E-state index in [-0.39, 0.29) is 24.4 Å². The molecule has 0 N–H and O–H groups in total. The Morgan fingerprint density at radius 1 is 1.11 bits per heavy atom. The van der Waals surface area contributed by atoms with E-state index in [4.69, 9.17) is 21.1 Å². The molecule has 1 fully saturated rings. The maximum Gasteiger partial charge on any atom is 0.410 e. The normalized spacial score (nSPS) is 23.3. The van der Waals surface area contributed by atoms with Crippen molar-refractivity contribution in [3.63, 3.8) is 0 Å². The summed E-state index contributed by atoms with van der Waals surface area (Å²) in [5.41, 5.74) is 0.898. The number of halogens is 3. The lowest BCUT2D eigenvalue weighted by Crippen LogP contribution is -2.53. The summed E-state index contributed by atoms with van der Waals surface area (Å²) in [4.78, 5) is 14.6. The van der Waals surface area contributed by atoms with Gasteiger partial charge in [0.25, 0.3) is 0 Å². The van der Waals surface area contributed by atoms with Crippen molar-refractivity contribution >= 4 is 17.7 Å². The van der Waals surface area contributed by atoms with Gasteiger partial charge in [-0.25, -0.2) is 13.6 Å². The van der Waals surface area contributed by atoms with E-state index in [1.807, 2.05) is 60.7 Å². The van der Waals surface area contributed by atoms with Crippen molar-refractivity contribution in [3.05, 3.63) is 88.7 Å². The second kappa shape index (κ2) is 9.07. The number of likely N-dealkylation sites (tertiary alicyclic amines) is 1. The van der Waals surface area contributed by atoms with Crippen LogP contribution in [0.1, 0.15) is 38.3 Å². The number of rotatable bonds is 3. The predicted molar refractivity (Wildman–Crippen MR) is 136 cm³/mol. The molecule has 36 heavy (non-hydrogen) atoms. The fourth-order valence-electron chi connectivity index (χ4n) is 5.32. The number of nitrogens with zero attached hydrogens (tertiary/aromatic N) is 1. The Hall–Kier alpha value is -3.12. The Balaban J connectivity index is 1.66. The zero-order chi connectivity index (χ0) is 25.7. The van der Waals surface area contributed by atoms with Crippen molar-refractivity contribution in [1.29, 1.82) is 0 Å². The molecule has 1 unspecified atom stereocenters. The molecule has 0 aromatic heterocycles.